The molecule has 4 heteroatoms. The Balaban J connectivity index is 1.64. The summed E-state index contributed by atoms with van der Waals surface area (Å²) in [6, 6.07) is 0. The van der Waals surface area contributed by atoms with Crippen LogP contribution >= 0.6 is 0 Å². The second-order valence-electron chi connectivity index (χ2n) is 5.77. The second kappa shape index (κ2) is 4.41. The first-order valence-corrected chi connectivity index (χ1v) is 6.74. The van der Waals surface area contributed by atoms with Crippen molar-refractivity contribution >= 4 is 0 Å². The van der Waals surface area contributed by atoms with Crippen molar-refractivity contribution in [3.63, 3.8) is 0 Å². The Kier molecular flexibility index (Phi) is 2.90. The highest BCUT2D eigenvalue weighted by molar-refractivity contribution is 5.04. The largest absolute Gasteiger partial charge is 0.393 e. The van der Waals surface area contributed by atoms with Crippen molar-refractivity contribution in [2.24, 2.45) is 5.92 Å². The van der Waals surface area contributed by atoms with Crippen LogP contribution in [-0.4, -0.2) is 21.4 Å². The molecule has 0 saturated heterocycles. The van der Waals surface area contributed by atoms with Gasteiger partial charge in [0.15, 0.2) is 5.82 Å². The lowest BCUT2D eigenvalue weighted by Crippen LogP contribution is -2.26. The van der Waals surface area contributed by atoms with Crippen LogP contribution in [0.15, 0.2) is 4.52 Å². The molecule has 0 unspecified atom stereocenters. The zero-order chi connectivity index (χ0) is 11.8. The molecule has 1 aromatic rings. The summed E-state index contributed by atoms with van der Waals surface area (Å²) >= 11 is 0. The third-order valence-corrected chi connectivity index (χ3v) is 4.30. The van der Waals surface area contributed by atoms with Crippen molar-refractivity contribution in [3.05, 3.63) is 11.7 Å². The van der Waals surface area contributed by atoms with Gasteiger partial charge in [0.25, 0.3) is 0 Å². The van der Waals surface area contributed by atoms with Gasteiger partial charge in [0, 0.05) is 11.8 Å². The third-order valence-electron chi connectivity index (χ3n) is 4.30. The number of hydrogen-bond acceptors (Lipinski definition) is 4. The van der Waals surface area contributed by atoms with Gasteiger partial charge in [-0.2, -0.15) is 4.98 Å². The zero-order valence-electron chi connectivity index (χ0n) is 10.3. The maximum Gasteiger partial charge on any atom is 0.229 e. The fourth-order valence-electron chi connectivity index (χ4n) is 2.89. The van der Waals surface area contributed by atoms with E-state index in [1.165, 1.54) is 25.7 Å². The minimum Gasteiger partial charge on any atom is -0.393 e. The Labute approximate surface area is 101 Å². The van der Waals surface area contributed by atoms with Crippen molar-refractivity contribution in [1.29, 1.82) is 0 Å². The van der Waals surface area contributed by atoms with E-state index in [4.69, 9.17) is 4.52 Å². The van der Waals surface area contributed by atoms with E-state index in [0.717, 1.165) is 30.5 Å². The monoisotopic (exact) mass is 236 g/mol. The number of hydrogen-bond donors (Lipinski definition) is 1. The molecule has 0 atom stereocenters. The van der Waals surface area contributed by atoms with Crippen LogP contribution in [0.3, 0.4) is 0 Å². The molecule has 2 aliphatic rings. The van der Waals surface area contributed by atoms with E-state index in [1.54, 1.807) is 0 Å². The van der Waals surface area contributed by atoms with Gasteiger partial charge in [-0.25, -0.2) is 0 Å². The predicted octanol–water partition coefficient (Wildman–Crippen LogP) is 2.60. The Bertz CT molecular complexity index is 377. The fraction of sp³-hybridized carbons (Fsp3) is 0.846. The molecule has 0 bridgehead atoms. The molecule has 1 heterocycles. The normalized spacial score (nSPS) is 37.8. The van der Waals surface area contributed by atoms with E-state index in [1.807, 2.05) is 0 Å². The first kappa shape index (κ1) is 11.2. The lowest BCUT2D eigenvalue weighted by atomic mass is 9.82. The summed E-state index contributed by atoms with van der Waals surface area (Å²) < 4.78 is 5.32. The van der Waals surface area contributed by atoms with Gasteiger partial charge in [0.2, 0.25) is 5.89 Å². The molecule has 2 aliphatic carbocycles. The third kappa shape index (κ3) is 2.23. The van der Waals surface area contributed by atoms with Crippen LogP contribution in [0, 0.1) is 5.92 Å². The van der Waals surface area contributed by atoms with Crippen LogP contribution in [0.25, 0.3) is 0 Å². The maximum absolute atomic E-state index is 9.27. The molecule has 0 spiro atoms. The van der Waals surface area contributed by atoms with E-state index < -0.39 is 0 Å². The SMILES string of the molecule is CC1CCC(c2noc(C3CC(O)C3)n2)CC1. The Morgan fingerprint density at radius 1 is 1.12 bits per heavy atom. The molecule has 0 amide bonds. The second-order valence-corrected chi connectivity index (χ2v) is 5.77. The van der Waals surface area contributed by atoms with Crippen LogP contribution in [0.1, 0.15) is 69.0 Å². The van der Waals surface area contributed by atoms with Crippen LogP contribution in [0.4, 0.5) is 0 Å². The zero-order valence-corrected chi connectivity index (χ0v) is 10.3. The molecular formula is C13H20N2O2. The van der Waals surface area contributed by atoms with Crippen LogP contribution < -0.4 is 0 Å². The average Bonchev–Trinajstić information content (AvgIpc) is 2.75. The molecule has 1 aromatic heterocycles. The Hall–Kier alpha value is -0.900. The molecule has 1 N–H and O–H groups in total. The highest BCUT2D eigenvalue weighted by atomic mass is 16.5. The van der Waals surface area contributed by atoms with Crippen molar-refractivity contribution in [2.75, 3.05) is 0 Å². The number of rotatable bonds is 2. The van der Waals surface area contributed by atoms with Gasteiger partial charge in [-0.3, -0.25) is 0 Å². The van der Waals surface area contributed by atoms with E-state index in [0.29, 0.717) is 11.8 Å². The summed E-state index contributed by atoms with van der Waals surface area (Å²) in [5.41, 5.74) is 0. The number of nitrogens with zero attached hydrogens (tertiary/aromatic N) is 2. The predicted molar refractivity (Wildman–Crippen MR) is 62.7 cm³/mol. The first-order chi connectivity index (χ1) is 8.22. The molecular weight excluding hydrogens is 216 g/mol. The van der Waals surface area contributed by atoms with E-state index in [9.17, 15) is 5.11 Å². The van der Waals surface area contributed by atoms with Gasteiger partial charge >= 0.3 is 0 Å². The van der Waals surface area contributed by atoms with E-state index in [2.05, 4.69) is 17.1 Å². The summed E-state index contributed by atoms with van der Waals surface area (Å²) in [6.07, 6.45) is 6.33. The topological polar surface area (TPSA) is 59.2 Å². The molecule has 2 saturated carbocycles. The van der Waals surface area contributed by atoms with Crippen molar-refractivity contribution in [2.45, 2.75) is 63.4 Å². The van der Waals surface area contributed by atoms with Crippen molar-refractivity contribution < 1.29 is 9.63 Å². The lowest BCUT2D eigenvalue weighted by molar-refractivity contribution is 0.0625. The van der Waals surface area contributed by atoms with Crippen LogP contribution in [-0.2, 0) is 0 Å². The molecule has 3 rings (SSSR count). The van der Waals surface area contributed by atoms with Gasteiger partial charge in [-0.15, -0.1) is 0 Å². The smallest absolute Gasteiger partial charge is 0.229 e. The summed E-state index contributed by atoms with van der Waals surface area (Å²) in [4.78, 5) is 4.53. The van der Waals surface area contributed by atoms with E-state index in [-0.39, 0.29) is 6.10 Å². The minimum absolute atomic E-state index is 0.161. The summed E-state index contributed by atoms with van der Waals surface area (Å²) in [5, 5.41) is 13.4. The fourth-order valence-corrected chi connectivity index (χ4v) is 2.89. The van der Waals surface area contributed by atoms with Crippen molar-refractivity contribution in [1.82, 2.24) is 10.1 Å². The molecule has 2 fully saturated rings. The molecule has 17 heavy (non-hydrogen) atoms. The van der Waals surface area contributed by atoms with E-state index >= 15 is 0 Å². The average molecular weight is 236 g/mol. The molecule has 0 aromatic carbocycles. The highest BCUT2D eigenvalue weighted by Gasteiger charge is 2.34. The Morgan fingerprint density at radius 2 is 1.82 bits per heavy atom. The van der Waals surface area contributed by atoms with Crippen LogP contribution in [0.2, 0.25) is 0 Å². The van der Waals surface area contributed by atoms with Gasteiger partial charge in [-0.1, -0.05) is 24.9 Å². The van der Waals surface area contributed by atoms with Gasteiger partial charge < -0.3 is 9.63 Å². The quantitative estimate of drug-likeness (QED) is 0.857. The molecule has 4 nitrogen and oxygen atoms in total. The molecule has 94 valence electrons. The Morgan fingerprint density at radius 3 is 2.47 bits per heavy atom. The number of aliphatic hydroxyl groups is 1. The minimum atomic E-state index is -0.161. The molecule has 0 radical (unpaired) electrons. The number of aliphatic hydroxyl groups excluding tert-OH is 1. The molecule has 0 aliphatic heterocycles. The van der Waals surface area contributed by atoms with Gasteiger partial charge in [0.05, 0.1) is 6.10 Å². The van der Waals surface area contributed by atoms with Crippen molar-refractivity contribution in [3.8, 4) is 0 Å². The summed E-state index contributed by atoms with van der Waals surface area (Å²) in [5.74, 6) is 3.28. The number of aromatic nitrogens is 2. The lowest BCUT2D eigenvalue weighted by Gasteiger charge is -2.27. The highest BCUT2D eigenvalue weighted by Crippen LogP contribution is 2.38. The summed E-state index contributed by atoms with van der Waals surface area (Å²) in [7, 11) is 0. The standard InChI is InChI=1S/C13H20N2O2/c1-8-2-4-9(5-3-8)12-14-13(17-15-12)10-6-11(16)7-10/h8-11,16H,2-7H2,1H3. The maximum atomic E-state index is 9.27. The summed E-state index contributed by atoms with van der Waals surface area (Å²) in [6.45, 7) is 2.31. The van der Waals surface area contributed by atoms with Gasteiger partial charge in [-0.05, 0) is 31.6 Å². The first-order valence-electron chi connectivity index (χ1n) is 6.74. The van der Waals surface area contributed by atoms with Crippen LogP contribution in [0.5, 0.6) is 0 Å². The van der Waals surface area contributed by atoms with Gasteiger partial charge in [0.1, 0.15) is 0 Å².